The molecule has 1 aromatic heterocycles. The molecule has 2 aromatic rings. The van der Waals surface area contributed by atoms with Gasteiger partial charge in [0.05, 0.1) is 10.7 Å². The third-order valence-electron chi connectivity index (χ3n) is 2.68. The molecule has 0 saturated carbocycles. The maximum atomic E-state index is 13.7. The molecule has 2 rings (SSSR count). The predicted molar refractivity (Wildman–Crippen MR) is 85.4 cm³/mol. The first-order valence-electron chi connectivity index (χ1n) is 6.47. The SMILES string of the molecule is CC(C)NCc1nc(Oc2cc(Br)ccc2F)ccc1Cl. The van der Waals surface area contributed by atoms with Gasteiger partial charge in [0.1, 0.15) is 0 Å². The molecule has 21 heavy (non-hydrogen) atoms. The summed E-state index contributed by atoms with van der Waals surface area (Å²) < 4.78 is 19.9. The van der Waals surface area contributed by atoms with Crippen LogP contribution in [0.4, 0.5) is 4.39 Å². The lowest BCUT2D eigenvalue weighted by atomic mass is 10.3. The van der Waals surface area contributed by atoms with E-state index in [1.165, 1.54) is 6.07 Å². The minimum Gasteiger partial charge on any atom is -0.436 e. The van der Waals surface area contributed by atoms with Gasteiger partial charge in [-0.25, -0.2) is 9.37 Å². The summed E-state index contributed by atoms with van der Waals surface area (Å²) in [7, 11) is 0. The second-order valence-electron chi connectivity index (χ2n) is 4.79. The van der Waals surface area contributed by atoms with Crippen molar-refractivity contribution in [2.45, 2.75) is 26.4 Å². The molecule has 0 unspecified atom stereocenters. The van der Waals surface area contributed by atoms with E-state index in [9.17, 15) is 4.39 Å². The first kappa shape index (κ1) is 16.2. The summed E-state index contributed by atoms with van der Waals surface area (Å²) >= 11 is 9.38. The van der Waals surface area contributed by atoms with E-state index in [0.717, 1.165) is 4.47 Å². The summed E-state index contributed by atoms with van der Waals surface area (Å²) in [6.45, 7) is 4.59. The van der Waals surface area contributed by atoms with Crippen LogP contribution in [0.5, 0.6) is 11.6 Å². The highest BCUT2D eigenvalue weighted by Gasteiger charge is 2.09. The quantitative estimate of drug-likeness (QED) is 0.807. The fourth-order valence-corrected chi connectivity index (χ4v) is 2.13. The minimum absolute atomic E-state index is 0.113. The van der Waals surface area contributed by atoms with Gasteiger partial charge in [-0.3, -0.25) is 0 Å². The number of hydrogen-bond acceptors (Lipinski definition) is 3. The highest BCUT2D eigenvalue weighted by atomic mass is 79.9. The van der Waals surface area contributed by atoms with Crippen LogP contribution in [0, 0.1) is 5.82 Å². The molecule has 0 aliphatic heterocycles. The Morgan fingerprint density at radius 1 is 1.33 bits per heavy atom. The number of aromatic nitrogens is 1. The van der Waals surface area contributed by atoms with Crippen LogP contribution in [0.25, 0.3) is 0 Å². The number of rotatable bonds is 5. The van der Waals surface area contributed by atoms with Crippen molar-refractivity contribution in [3.05, 3.63) is 51.3 Å². The largest absolute Gasteiger partial charge is 0.436 e. The van der Waals surface area contributed by atoms with E-state index in [2.05, 4.69) is 26.2 Å². The number of nitrogens with zero attached hydrogens (tertiary/aromatic N) is 1. The fourth-order valence-electron chi connectivity index (χ4n) is 1.61. The van der Waals surface area contributed by atoms with E-state index in [0.29, 0.717) is 29.2 Å². The number of pyridine rings is 1. The Balaban J connectivity index is 2.20. The third kappa shape index (κ3) is 4.66. The molecular weight excluding hydrogens is 359 g/mol. The van der Waals surface area contributed by atoms with Crippen LogP contribution in [0.15, 0.2) is 34.8 Å². The number of halogens is 3. The van der Waals surface area contributed by atoms with Gasteiger partial charge in [-0.15, -0.1) is 0 Å². The Kier molecular flexibility index (Phi) is 5.56. The van der Waals surface area contributed by atoms with Gasteiger partial charge in [0, 0.05) is 23.1 Å². The van der Waals surface area contributed by atoms with Gasteiger partial charge in [-0.1, -0.05) is 41.4 Å². The van der Waals surface area contributed by atoms with Crippen molar-refractivity contribution in [2.24, 2.45) is 0 Å². The topological polar surface area (TPSA) is 34.2 Å². The van der Waals surface area contributed by atoms with Crippen LogP contribution in [0.3, 0.4) is 0 Å². The molecule has 0 aliphatic rings. The highest BCUT2D eigenvalue weighted by molar-refractivity contribution is 9.10. The highest BCUT2D eigenvalue weighted by Crippen LogP contribution is 2.28. The third-order valence-corrected chi connectivity index (χ3v) is 3.52. The Morgan fingerprint density at radius 3 is 2.81 bits per heavy atom. The Labute approximate surface area is 136 Å². The van der Waals surface area contributed by atoms with Gasteiger partial charge < -0.3 is 10.1 Å². The second-order valence-corrected chi connectivity index (χ2v) is 6.11. The van der Waals surface area contributed by atoms with Gasteiger partial charge in [-0.05, 0) is 24.3 Å². The van der Waals surface area contributed by atoms with E-state index < -0.39 is 5.82 Å². The lowest BCUT2D eigenvalue weighted by Crippen LogP contribution is -2.22. The van der Waals surface area contributed by atoms with E-state index in [1.807, 2.05) is 13.8 Å². The maximum Gasteiger partial charge on any atom is 0.219 e. The summed E-state index contributed by atoms with van der Waals surface area (Å²) in [5.74, 6) is -0.0317. The fraction of sp³-hybridized carbons (Fsp3) is 0.267. The van der Waals surface area contributed by atoms with Crippen LogP contribution >= 0.6 is 27.5 Å². The minimum atomic E-state index is -0.447. The first-order valence-corrected chi connectivity index (χ1v) is 7.64. The summed E-state index contributed by atoms with van der Waals surface area (Å²) in [6.07, 6.45) is 0. The molecule has 6 heteroatoms. The van der Waals surface area contributed by atoms with Gasteiger partial charge in [0.25, 0.3) is 0 Å². The Morgan fingerprint density at radius 2 is 2.10 bits per heavy atom. The van der Waals surface area contributed by atoms with Crippen LogP contribution < -0.4 is 10.1 Å². The van der Waals surface area contributed by atoms with Crippen LogP contribution in [0.2, 0.25) is 5.02 Å². The van der Waals surface area contributed by atoms with Crippen molar-refractivity contribution in [2.75, 3.05) is 0 Å². The molecule has 0 fully saturated rings. The molecule has 0 amide bonds. The second kappa shape index (κ2) is 7.20. The van der Waals surface area contributed by atoms with E-state index in [4.69, 9.17) is 16.3 Å². The monoisotopic (exact) mass is 372 g/mol. The summed E-state index contributed by atoms with van der Waals surface area (Å²) in [5, 5.41) is 3.78. The number of nitrogens with one attached hydrogen (secondary N) is 1. The van der Waals surface area contributed by atoms with Gasteiger partial charge in [0.2, 0.25) is 5.88 Å². The van der Waals surface area contributed by atoms with Gasteiger partial charge in [0.15, 0.2) is 11.6 Å². The average Bonchev–Trinajstić information content (AvgIpc) is 2.43. The Hall–Kier alpha value is -1.17. The van der Waals surface area contributed by atoms with Crippen molar-refractivity contribution in [1.82, 2.24) is 10.3 Å². The van der Waals surface area contributed by atoms with Crippen molar-refractivity contribution < 1.29 is 9.13 Å². The van der Waals surface area contributed by atoms with Crippen molar-refractivity contribution >= 4 is 27.5 Å². The number of benzene rings is 1. The van der Waals surface area contributed by atoms with Gasteiger partial charge in [-0.2, -0.15) is 0 Å². The molecule has 0 atom stereocenters. The molecule has 1 N–H and O–H groups in total. The van der Waals surface area contributed by atoms with Crippen LogP contribution in [-0.2, 0) is 6.54 Å². The molecule has 1 heterocycles. The summed E-state index contributed by atoms with van der Waals surface area (Å²) in [5.41, 5.74) is 0.665. The lowest BCUT2D eigenvalue weighted by Gasteiger charge is -2.11. The molecule has 3 nitrogen and oxygen atoms in total. The maximum absolute atomic E-state index is 13.7. The first-order chi connectivity index (χ1) is 9.95. The number of hydrogen-bond donors (Lipinski definition) is 1. The van der Waals surface area contributed by atoms with Crippen molar-refractivity contribution in [3.63, 3.8) is 0 Å². The zero-order valence-electron chi connectivity index (χ0n) is 11.7. The predicted octanol–water partition coefficient (Wildman–Crippen LogP) is 4.93. The average molecular weight is 374 g/mol. The van der Waals surface area contributed by atoms with Crippen molar-refractivity contribution in [3.8, 4) is 11.6 Å². The molecule has 112 valence electrons. The lowest BCUT2D eigenvalue weighted by molar-refractivity contribution is 0.424. The van der Waals surface area contributed by atoms with Crippen LogP contribution in [-0.4, -0.2) is 11.0 Å². The Bertz CT molecular complexity index is 637. The molecule has 0 saturated heterocycles. The standard InChI is InChI=1S/C15H15BrClFN2O/c1-9(2)19-8-13-11(17)4-6-15(20-13)21-14-7-10(16)3-5-12(14)18/h3-7,9,19H,8H2,1-2H3. The summed E-state index contributed by atoms with van der Waals surface area (Å²) in [4.78, 5) is 4.31. The van der Waals surface area contributed by atoms with E-state index >= 15 is 0 Å². The molecule has 0 aliphatic carbocycles. The molecule has 0 spiro atoms. The normalized spacial score (nSPS) is 11.0. The smallest absolute Gasteiger partial charge is 0.219 e. The number of ether oxygens (including phenoxy) is 1. The van der Waals surface area contributed by atoms with Crippen LogP contribution in [0.1, 0.15) is 19.5 Å². The van der Waals surface area contributed by atoms with E-state index in [-0.39, 0.29) is 5.75 Å². The zero-order chi connectivity index (χ0) is 15.4. The van der Waals surface area contributed by atoms with E-state index in [1.54, 1.807) is 24.3 Å². The summed E-state index contributed by atoms with van der Waals surface area (Å²) in [6, 6.07) is 8.11. The molecule has 1 aromatic carbocycles. The molecular formula is C15H15BrClFN2O. The zero-order valence-corrected chi connectivity index (χ0v) is 14.0. The molecule has 0 radical (unpaired) electrons. The molecule has 0 bridgehead atoms. The van der Waals surface area contributed by atoms with Gasteiger partial charge >= 0.3 is 0 Å². The van der Waals surface area contributed by atoms with Crippen molar-refractivity contribution in [1.29, 1.82) is 0 Å².